The van der Waals surface area contributed by atoms with Crippen LogP contribution < -0.4 is 0 Å². The second-order valence-corrected chi connectivity index (χ2v) is 2.20. The van der Waals surface area contributed by atoms with Crippen molar-refractivity contribution in [3.05, 3.63) is 6.92 Å². The monoisotopic (exact) mass is 135 g/mol. The highest BCUT2D eigenvalue weighted by Crippen LogP contribution is 1.99. The van der Waals surface area contributed by atoms with Crippen molar-refractivity contribution >= 4 is 11.6 Å². The van der Waals surface area contributed by atoms with E-state index in [1.54, 1.807) is 0 Å². The molecule has 1 unspecified atom stereocenters. The van der Waals surface area contributed by atoms with Crippen molar-refractivity contribution in [2.24, 2.45) is 0 Å². The Morgan fingerprint density at radius 2 is 2.38 bits per heavy atom. The summed E-state index contributed by atoms with van der Waals surface area (Å²) in [6.45, 7) is 6.69. The summed E-state index contributed by atoms with van der Waals surface area (Å²) < 4.78 is 4.94. The second-order valence-electron chi connectivity index (χ2n) is 1.58. The topological polar surface area (TPSA) is 9.23 Å². The second kappa shape index (κ2) is 5.39. The van der Waals surface area contributed by atoms with Gasteiger partial charge in [0.15, 0.2) is 0 Å². The minimum atomic E-state index is 0.164. The maximum atomic E-state index is 5.69. The molecule has 0 aliphatic heterocycles. The molecular weight excluding hydrogens is 124 g/mol. The van der Waals surface area contributed by atoms with Crippen molar-refractivity contribution in [2.45, 2.75) is 18.7 Å². The summed E-state index contributed by atoms with van der Waals surface area (Å²) in [4.78, 5) is 0. The molecule has 0 aliphatic rings. The van der Waals surface area contributed by atoms with Gasteiger partial charge < -0.3 is 4.74 Å². The van der Waals surface area contributed by atoms with E-state index in [0.29, 0.717) is 13.2 Å². The van der Waals surface area contributed by atoms with E-state index >= 15 is 0 Å². The highest BCUT2D eigenvalue weighted by molar-refractivity contribution is 6.20. The van der Waals surface area contributed by atoms with Crippen LogP contribution >= 0.6 is 11.6 Å². The molecule has 0 fully saturated rings. The van der Waals surface area contributed by atoms with Gasteiger partial charge >= 0.3 is 0 Å². The summed E-state index contributed by atoms with van der Waals surface area (Å²) in [6, 6.07) is 0. The molecule has 0 rings (SSSR count). The summed E-state index contributed by atoms with van der Waals surface area (Å²) in [5, 5.41) is 0.164. The van der Waals surface area contributed by atoms with Crippen molar-refractivity contribution in [2.75, 3.05) is 13.2 Å². The zero-order valence-electron chi connectivity index (χ0n) is 5.19. The molecule has 1 nitrogen and oxygen atoms in total. The normalized spacial score (nSPS) is 13.9. The average Bonchev–Trinajstić information content (AvgIpc) is 1.83. The lowest BCUT2D eigenvalue weighted by atomic mass is 10.3. The van der Waals surface area contributed by atoms with Crippen LogP contribution in [0.4, 0.5) is 0 Å². The molecule has 0 saturated carbocycles. The lowest BCUT2D eigenvalue weighted by Gasteiger charge is -2.03. The maximum Gasteiger partial charge on any atom is 0.0630 e. The third-order valence-electron chi connectivity index (χ3n) is 0.886. The predicted molar refractivity (Wildman–Crippen MR) is 36.1 cm³/mol. The Morgan fingerprint density at radius 3 is 2.75 bits per heavy atom. The molecule has 1 atom stereocenters. The molecule has 0 aromatic rings. The zero-order chi connectivity index (χ0) is 6.41. The van der Waals surface area contributed by atoms with Crippen LogP contribution in [0.25, 0.3) is 0 Å². The fourth-order valence-electron chi connectivity index (χ4n) is 0.329. The van der Waals surface area contributed by atoms with Gasteiger partial charge in [0.2, 0.25) is 0 Å². The van der Waals surface area contributed by atoms with Crippen LogP contribution in [0.5, 0.6) is 0 Å². The molecule has 0 aromatic heterocycles. The molecule has 0 saturated heterocycles. The van der Waals surface area contributed by atoms with E-state index in [-0.39, 0.29) is 5.38 Å². The van der Waals surface area contributed by atoms with Gasteiger partial charge in [-0.3, -0.25) is 0 Å². The number of hydrogen-bond donors (Lipinski definition) is 0. The molecule has 0 aromatic carbocycles. The molecule has 1 radical (unpaired) electrons. The lowest BCUT2D eigenvalue weighted by molar-refractivity contribution is 0.160. The molecule has 0 spiro atoms. The van der Waals surface area contributed by atoms with Crippen molar-refractivity contribution in [3.8, 4) is 0 Å². The smallest absolute Gasteiger partial charge is 0.0630 e. The van der Waals surface area contributed by atoms with E-state index in [1.165, 1.54) is 0 Å². The van der Waals surface area contributed by atoms with E-state index in [2.05, 4.69) is 6.92 Å². The quantitative estimate of drug-likeness (QED) is 0.535. The molecule has 49 valence electrons. The van der Waals surface area contributed by atoms with Gasteiger partial charge in [-0.25, -0.2) is 0 Å². The zero-order valence-corrected chi connectivity index (χ0v) is 5.95. The van der Waals surface area contributed by atoms with Gasteiger partial charge in [-0.05, 0) is 13.3 Å². The Morgan fingerprint density at radius 1 is 1.75 bits per heavy atom. The summed E-state index contributed by atoms with van der Waals surface area (Å²) in [7, 11) is 0. The minimum Gasteiger partial charge on any atom is -0.380 e. The summed E-state index contributed by atoms with van der Waals surface area (Å²) in [6.07, 6.45) is 0.960. The van der Waals surface area contributed by atoms with Crippen molar-refractivity contribution in [1.82, 2.24) is 0 Å². The predicted octanol–water partition coefficient (Wildman–Crippen LogP) is 1.85. The van der Waals surface area contributed by atoms with Crippen LogP contribution in [0.3, 0.4) is 0 Å². The van der Waals surface area contributed by atoms with Gasteiger partial charge in [0.1, 0.15) is 0 Å². The number of rotatable bonds is 4. The van der Waals surface area contributed by atoms with Gasteiger partial charge in [-0.2, -0.15) is 0 Å². The van der Waals surface area contributed by atoms with Gasteiger partial charge in [0, 0.05) is 6.61 Å². The Labute approximate surface area is 56.0 Å². The summed E-state index contributed by atoms with van der Waals surface area (Å²) >= 11 is 5.69. The van der Waals surface area contributed by atoms with Gasteiger partial charge in [-0.15, -0.1) is 11.6 Å². The SMILES string of the molecule is [CH2]COCC(Cl)CC. The number of hydrogen-bond acceptors (Lipinski definition) is 1. The van der Waals surface area contributed by atoms with Crippen LogP contribution in [0.15, 0.2) is 0 Å². The highest BCUT2D eigenvalue weighted by Gasteiger charge is 1.97. The van der Waals surface area contributed by atoms with Crippen molar-refractivity contribution < 1.29 is 4.74 Å². The first-order chi connectivity index (χ1) is 3.81. The Bertz CT molecular complexity index is 47.8. The Hall–Kier alpha value is 0.250. The molecule has 0 amide bonds. The van der Waals surface area contributed by atoms with Gasteiger partial charge in [0.25, 0.3) is 0 Å². The summed E-state index contributed by atoms with van der Waals surface area (Å²) in [5.74, 6) is 0. The first kappa shape index (κ1) is 8.25. The fraction of sp³-hybridized carbons (Fsp3) is 0.833. The number of ether oxygens (including phenoxy) is 1. The van der Waals surface area contributed by atoms with Crippen LogP contribution in [-0.4, -0.2) is 18.6 Å². The lowest BCUT2D eigenvalue weighted by Crippen LogP contribution is -2.06. The van der Waals surface area contributed by atoms with Gasteiger partial charge in [0.05, 0.1) is 12.0 Å². The molecule has 0 N–H and O–H groups in total. The molecule has 8 heavy (non-hydrogen) atoms. The van der Waals surface area contributed by atoms with E-state index in [9.17, 15) is 0 Å². The standard InChI is InChI=1S/C6H12ClO/c1-3-6(7)5-8-4-2/h6H,2-5H2,1H3. The minimum absolute atomic E-state index is 0.164. The highest BCUT2D eigenvalue weighted by atomic mass is 35.5. The molecule has 0 bridgehead atoms. The van der Waals surface area contributed by atoms with E-state index < -0.39 is 0 Å². The van der Waals surface area contributed by atoms with Crippen molar-refractivity contribution in [1.29, 1.82) is 0 Å². The van der Waals surface area contributed by atoms with Crippen LogP contribution in [0, 0.1) is 6.92 Å². The third-order valence-corrected chi connectivity index (χ3v) is 1.32. The van der Waals surface area contributed by atoms with E-state index in [0.717, 1.165) is 6.42 Å². The summed E-state index contributed by atoms with van der Waals surface area (Å²) in [5.41, 5.74) is 0. The van der Waals surface area contributed by atoms with Crippen LogP contribution in [-0.2, 0) is 4.74 Å². The molecular formula is C6H12ClO. The van der Waals surface area contributed by atoms with Crippen molar-refractivity contribution in [3.63, 3.8) is 0 Å². The Kier molecular flexibility index (Phi) is 5.56. The first-order valence-corrected chi connectivity index (χ1v) is 3.26. The van der Waals surface area contributed by atoms with Gasteiger partial charge in [-0.1, -0.05) is 6.92 Å². The van der Waals surface area contributed by atoms with E-state index in [1.807, 2.05) is 6.92 Å². The Balaban J connectivity index is 2.86. The first-order valence-electron chi connectivity index (χ1n) is 2.82. The average molecular weight is 136 g/mol. The third kappa shape index (κ3) is 4.41. The largest absolute Gasteiger partial charge is 0.380 e. The molecule has 2 heteroatoms. The van der Waals surface area contributed by atoms with Crippen LogP contribution in [0.2, 0.25) is 0 Å². The number of halogens is 1. The molecule has 0 aliphatic carbocycles. The maximum absolute atomic E-state index is 5.69. The number of alkyl halides is 1. The van der Waals surface area contributed by atoms with Crippen LogP contribution in [0.1, 0.15) is 13.3 Å². The fourth-order valence-corrected chi connectivity index (χ4v) is 0.418. The molecule has 0 heterocycles. The van der Waals surface area contributed by atoms with E-state index in [4.69, 9.17) is 16.3 Å².